The third-order valence-corrected chi connectivity index (χ3v) is 3.43. The average Bonchev–Trinajstić information content (AvgIpc) is 2.77. The first-order valence-electron chi connectivity index (χ1n) is 6.63. The van der Waals surface area contributed by atoms with Crippen LogP contribution in [-0.2, 0) is 22.6 Å². The fourth-order valence-electron chi connectivity index (χ4n) is 2.44. The van der Waals surface area contributed by atoms with Crippen molar-refractivity contribution in [3.63, 3.8) is 0 Å². The van der Waals surface area contributed by atoms with Crippen LogP contribution in [0.4, 0.5) is 0 Å². The van der Waals surface area contributed by atoms with E-state index in [1.807, 2.05) is 0 Å². The summed E-state index contributed by atoms with van der Waals surface area (Å²) < 4.78 is 10.9. The zero-order valence-electron chi connectivity index (χ0n) is 11.4. The molecule has 1 N–H and O–H groups in total. The summed E-state index contributed by atoms with van der Waals surface area (Å²) in [6.07, 6.45) is 2.34. The van der Waals surface area contributed by atoms with Gasteiger partial charge in [0.05, 0.1) is 12.2 Å². The molecule has 1 atom stereocenters. The van der Waals surface area contributed by atoms with Gasteiger partial charge in [-0.2, -0.15) is 0 Å². The molecule has 18 heavy (non-hydrogen) atoms. The topological polar surface area (TPSA) is 30.5 Å². The molecule has 0 bridgehead atoms. The number of hydrogen-bond acceptors (Lipinski definition) is 3. The Morgan fingerprint density at radius 1 is 1.39 bits per heavy atom. The van der Waals surface area contributed by atoms with Crippen molar-refractivity contribution in [1.29, 1.82) is 0 Å². The van der Waals surface area contributed by atoms with E-state index in [9.17, 15) is 0 Å². The molecule has 1 aromatic carbocycles. The SMILES string of the molecule is COCc1cccc(CNCC2(C)CCCO2)c1. The second-order valence-corrected chi connectivity index (χ2v) is 5.26. The van der Waals surface area contributed by atoms with Crippen molar-refractivity contribution < 1.29 is 9.47 Å². The number of hydrogen-bond donors (Lipinski definition) is 1. The first-order valence-corrected chi connectivity index (χ1v) is 6.63. The zero-order chi connectivity index (χ0) is 12.8. The lowest BCUT2D eigenvalue weighted by molar-refractivity contribution is 0.0207. The molecule has 1 aliphatic rings. The standard InChI is InChI=1S/C15H23NO2/c1-15(7-4-8-18-15)12-16-10-13-5-3-6-14(9-13)11-17-2/h3,5-6,9,16H,4,7-8,10-12H2,1-2H3. The van der Waals surface area contributed by atoms with Gasteiger partial charge >= 0.3 is 0 Å². The Bertz CT molecular complexity index is 373. The molecule has 0 radical (unpaired) electrons. The first-order chi connectivity index (χ1) is 8.72. The third-order valence-electron chi connectivity index (χ3n) is 3.43. The number of rotatable bonds is 6. The molecular formula is C15H23NO2. The fourth-order valence-corrected chi connectivity index (χ4v) is 2.44. The van der Waals surface area contributed by atoms with E-state index >= 15 is 0 Å². The molecule has 1 unspecified atom stereocenters. The van der Waals surface area contributed by atoms with Gasteiger partial charge in [-0.1, -0.05) is 24.3 Å². The molecule has 0 aromatic heterocycles. The van der Waals surface area contributed by atoms with Crippen LogP contribution < -0.4 is 5.32 Å². The van der Waals surface area contributed by atoms with Gasteiger partial charge in [-0.25, -0.2) is 0 Å². The molecule has 0 amide bonds. The third kappa shape index (κ3) is 3.80. The van der Waals surface area contributed by atoms with Crippen LogP contribution in [0.3, 0.4) is 0 Å². The highest BCUT2D eigenvalue weighted by atomic mass is 16.5. The fraction of sp³-hybridized carbons (Fsp3) is 0.600. The highest BCUT2D eigenvalue weighted by Gasteiger charge is 2.28. The predicted molar refractivity (Wildman–Crippen MR) is 72.5 cm³/mol. The van der Waals surface area contributed by atoms with E-state index in [0.29, 0.717) is 6.61 Å². The lowest BCUT2D eigenvalue weighted by Crippen LogP contribution is -2.36. The number of benzene rings is 1. The summed E-state index contributed by atoms with van der Waals surface area (Å²) in [5, 5.41) is 3.49. The van der Waals surface area contributed by atoms with Gasteiger partial charge in [0.15, 0.2) is 0 Å². The van der Waals surface area contributed by atoms with Crippen LogP contribution in [0.15, 0.2) is 24.3 Å². The second kappa shape index (κ2) is 6.32. The maximum absolute atomic E-state index is 5.76. The summed E-state index contributed by atoms with van der Waals surface area (Å²) in [6.45, 7) is 5.57. The van der Waals surface area contributed by atoms with Gasteiger partial charge in [-0.05, 0) is 30.9 Å². The minimum Gasteiger partial charge on any atom is -0.380 e. The molecule has 1 heterocycles. The van der Waals surface area contributed by atoms with Crippen LogP contribution in [-0.4, -0.2) is 25.9 Å². The molecule has 3 nitrogen and oxygen atoms in total. The molecule has 1 saturated heterocycles. The summed E-state index contributed by atoms with van der Waals surface area (Å²) in [5.74, 6) is 0. The molecule has 3 heteroatoms. The summed E-state index contributed by atoms with van der Waals surface area (Å²) >= 11 is 0. The van der Waals surface area contributed by atoms with Crippen LogP contribution >= 0.6 is 0 Å². The Labute approximate surface area is 109 Å². The first kappa shape index (κ1) is 13.5. The van der Waals surface area contributed by atoms with Gasteiger partial charge in [0, 0.05) is 26.8 Å². The number of ether oxygens (including phenoxy) is 2. The Morgan fingerprint density at radius 2 is 2.22 bits per heavy atom. The molecule has 1 aliphatic heterocycles. The smallest absolute Gasteiger partial charge is 0.0779 e. The Kier molecular flexibility index (Phi) is 4.75. The minimum atomic E-state index is 0.0319. The van der Waals surface area contributed by atoms with Crippen molar-refractivity contribution in [2.24, 2.45) is 0 Å². The van der Waals surface area contributed by atoms with Crippen LogP contribution in [0.1, 0.15) is 30.9 Å². The van der Waals surface area contributed by atoms with Gasteiger partial charge in [0.2, 0.25) is 0 Å². The highest BCUT2D eigenvalue weighted by Crippen LogP contribution is 2.23. The van der Waals surface area contributed by atoms with Crippen molar-refractivity contribution in [2.75, 3.05) is 20.3 Å². The molecule has 1 fully saturated rings. The zero-order valence-corrected chi connectivity index (χ0v) is 11.4. The van der Waals surface area contributed by atoms with E-state index in [-0.39, 0.29) is 5.60 Å². The van der Waals surface area contributed by atoms with Crippen molar-refractivity contribution in [3.05, 3.63) is 35.4 Å². The summed E-state index contributed by atoms with van der Waals surface area (Å²) in [7, 11) is 1.73. The van der Waals surface area contributed by atoms with E-state index in [2.05, 4.69) is 36.5 Å². The van der Waals surface area contributed by atoms with E-state index in [0.717, 1.165) is 26.1 Å². The normalized spacial score (nSPS) is 23.4. The highest BCUT2D eigenvalue weighted by molar-refractivity contribution is 5.22. The summed E-state index contributed by atoms with van der Waals surface area (Å²) in [5.41, 5.74) is 2.55. The predicted octanol–water partition coefficient (Wildman–Crippen LogP) is 2.49. The van der Waals surface area contributed by atoms with Gasteiger partial charge in [0.1, 0.15) is 0 Å². The van der Waals surface area contributed by atoms with Crippen LogP contribution in [0.25, 0.3) is 0 Å². The van der Waals surface area contributed by atoms with E-state index < -0.39 is 0 Å². The van der Waals surface area contributed by atoms with Gasteiger partial charge in [0.25, 0.3) is 0 Å². The van der Waals surface area contributed by atoms with Gasteiger partial charge < -0.3 is 14.8 Å². The molecule has 1 aromatic rings. The van der Waals surface area contributed by atoms with E-state index in [4.69, 9.17) is 9.47 Å². The Hall–Kier alpha value is -0.900. The van der Waals surface area contributed by atoms with Crippen molar-refractivity contribution >= 4 is 0 Å². The van der Waals surface area contributed by atoms with Crippen molar-refractivity contribution in [1.82, 2.24) is 5.32 Å². The molecule has 0 saturated carbocycles. The van der Waals surface area contributed by atoms with Gasteiger partial charge in [-0.3, -0.25) is 0 Å². The van der Waals surface area contributed by atoms with Crippen LogP contribution in [0, 0.1) is 0 Å². The molecule has 100 valence electrons. The summed E-state index contributed by atoms with van der Waals surface area (Å²) in [6, 6.07) is 8.51. The average molecular weight is 249 g/mol. The quantitative estimate of drug-likeness (QED) is 0.840. The molecule has 0 spiro atoms. The van der Waals surface area contributed by atoms with Crippen molar-refractivity contribution in [2.45, 2.75) is 38.5 Å². The van der Waals surface area contributed by atoms with Crippen molar-refractivity contribution in [3.8, 4) is 0 Å². The van der Waals surface area contributed by atoms with Crippen LogP contribution in [0.5, 0.6) is 0 Å². The Balaban J connectivity index is 1.80. The largest absolute Gasteiger partial charge is 0.380 e. The molecule has 2 rings (SSSR count). The van der Waals surface area contributed by atoms with E-state index in [1.54, 1.807) is 7.11 Å². The Morgan fingerprint density at radius 3 is 2.94 bits per heavy atom. The number of methoxy groups -OCH3 is 1. The monoisotopic (exact) mass is 249 g/mol. The molecule has 0 aliphatic carbocycles. The minimum absolute atomic E-state index is 0.0319. The maximum atomic E-state index is 5.76. The molecular weight excluding hydrogens is 226 g/mol. The lowest BCUT2D eigenvalue weighted by Gasteiger charge is -2.23. The van der Waals surface area contributed by atoms with E-state index in [1.165, 1.54) is 17.5 Å². The maximum Gasteiger partial charge on any atom is 0.0779 e. The van der Waals surface area contributed by atoms with Gasteiger partial charge in [-0.15, -0.1) is 0 Å². The summed E-state index contributed by atoms with van der Waals surface area (Å²) in [4.78, 5) is 0. The lowest BCUT2D eigenvalue weighted by atomic mass is 10.0. The second-order valence-electron chi connectivity index (χ2n) is 5.26. The number of nitrogens with one attached hydrogen (secondary N) is 1. The van der Waals surface area contributed by atoms with Crippen LogP contribution in [0.2, 0.25) is 0 Å².